The Morgan fingerprint density at radius 2 is 1.97 bits per heavy atom. The smallest absolute Gasteiger partial charge is 0.251 e. The van der Waals surface area contributed by atoms with Crippen LogP contribution in [0.4, 0.5) is 5.00 Å². The summed E-state index contributed by atoms with van der Waals surface area (Å²) >= 11 is 2.77. The van der Waals surface area contributed by atoms with Gasteiger partial charge in [0.25, 0.3) is 5.91 Å². The number of amides is 2. The molecule has 2 aromatic heterocycles. The van der Waals surface area contributed by atoms with E-state index >= 15 is 0 Å². The van der Waals surface area contributed by atoms with Crippen molar-refractivity contribution in [3.63, 3.8) is 0 Å². The summed E-state index contributed by atoms with van der Waals surface area (Å²) in [4.78, 5) is 26.5. The number of thioether (sulfide) groups is 1. The molecule has 0 fully saturated rings. The summed E-state index contributed by atoms with van der Waals surface area (Å²) in [5.74, 6) is 1.23. The molecule has 194 valence electrons. The van der Waals surface area contributed by atoms with Crippen molar-refractivity contribution in [1.29, 1.82) is 5.26 Å². The number of carbonyl (C=O) groups is 2. The summed E-state index contributed by atoms with van der Waals surface area (Å²) < 4.78 is 12.3. The van der Waals surface area contributed by atoms with Crippen LogP contribution in [0.25, 0.3) is 0 Å². The summed E-state index contributed by atoms with van der Waals surface area (Å²) in [7, 11) is 3.05. The minimum Gasteiger partial charge on any atom is -0.493 e. The van der Waals surface area contributed by atoms with E-state index in [1.807, 2.05) is 11.5 Å². The molecule has 0 aliphatic heterocycles. The molecule has 1 aliphatic rings. The summed E-state index contributed by atoms with van der Waals surface area (Å²) in [6.45, 7) is 2.70. The first-order valence-corrected chi connectivity index (χ1v) is 13.7. The van der Waals surface area contributed by atoms with Gasteiger partial charge in [0.2, 0.25) is 5.91 Å². The standard InChI is InChI=1S/C25H28N6O4S2/c1-4-31-21(13-27-23(33)15-9-10-18(34-2)19(11-15)35-3)29-30-25(31)36-14-22(32)28-24-17(12-26)16-7-5-6-8-20(16)37-24/h9-11H,4-8,13-14H2,1-3H3,(H,27,33)(H,28,32). The highest BCUT2D eigenvalue weighted by atomic mass is 32.2. The highest BCUT2D eigenvalue weighted by molar-refractivity contribution is 7.99. The van der Waals surface area contributed by atoms with Crippen molar-refractivity contribution in [3.05, 3.63) is 45.6 Å². The number of thiophene rings is 1. The van der Waals surface area contributed by atoms with E-state index in [4.69, 9.17) is 9.47 Å². The van der Waals surface area contributed by atoms with Gasteiger partial charge in [0.1, 0.15) is 11.1 Å². The third-order valence-corrected chi connectivity index (χ3v) is 8.20. The van der Waals surface area contributed by atoms with Gasteiger partial charge in [0.15, 0.2) is 22.5 Å². The number of fused-ring (bicyclic) bond motifs is 1. The maximum Gasteiger partial charge on any atom is 0.251 e. The molecule has 3 aromatic rings. The molecule has 1 aliphatic carbocycles. The van der Waals surface area contributed by atoms with E-state index in [1.54, 1.807) is 18.2 Å². The zero-order valence-electron chi connectivity index (χ0n) is 20.9. The molecular formula is C25H28N6O4S2. The Balaban J connectivity index is 1.36. The predicted molar refractivity (Wildman–Crippen MR) is 141 cm³/mol. The maximum atomic E-state index is 12.7. The second kappa shape index (κ2) is 12.1. The number of rotatable bonds is 10. The molecule has 0 saturated heterocycles. The zero-order chi connectivity index (χ0) is 26.4. The molecule has 4 rings (SSSR count). The maximum absolute atomic E-state index is 12.7. The number of aryl methyl sites for hydroxylation is 1. The molecule has 1 aromatic carbocycles. The molecule has 0 saturated carbocycles. The number of carbonyl (C=O) groups excluding carboxylic acids is 2. The quantitative estimate of drug-likeness (QED) is 0.372. The lowest BCUT2D eigenvalue weighted by Crippen LogP contribution is -2.25. The van der Waals surface area contributed by atoms with E-state index in [2.05, 4.69) is 26.9 Å². The molecule has 0 unspecified atom stereocenters. The van der Waals surface area contributed by atoms with Gasteiger partial charge in [0.05, 0.1) is 32.1 Å². The highest BCUT2D eigenvalue weighted by Gasteiger charge is 2.22. The number of hydrogen-bond donors (Lipinski definition) is 2. The van der Waals surface area contributed by atoms with Gasteiger partial charge in [-0.3, -0.25) is 9.59 Å². The number of ether oxygens (including phenoxy) is 2. The Morgan fingerprint density at radius 3 is 2.70 bits per heavy atom. The number of benzene rings is 1. The average molecular weight is 541 g/mol. The van der Waals surface area contributed by atoms with Crippen LogP contribution in [0.5, 0.6) is 11.5 Å². The normalized spacial score (nSPS) is 12.4. The predicted octanol–water partition coefficient (Wildman–Crippen LogP) is 3.79. The van der Waals surface area contributed by atoms with Crippen molar-refractivity contribution < 1.29 is 19.1 Å². The fourth-order valence-electron chi connectivity index (χ4n) is 4.18. The zero-order valence-corrected chi connectivity index (χ0v) is 22.6. The van der Waals surface area contributed by atoms with Gasteiger partial charge in [-0.1, -0.05) is 11.8 Å². The molecule has 0 bridgehead atoms. The number of nitriles is 1. The Morgan fingerprint density at radius 1 is 1.19 bits per heavy atom. The van der Waals surface area contributed by atoms with Crippen molar-refractivity contribution in [3.8, 4) is 17.6 Å². The first-order valence-electron chi connectivity index (χ1n) is 11.9. The fraction of sp³-hybridized carbons (Fsp3) is 0.400. The third kappa shape index (κ3) is 5.89. The van der Waals surface area contributed by atoms with Crippen LogP contribution in [0.15, 0.2) is 23.4 Å². The summed E-state index contributed by atoms with van der Waals surface area (Å²) in [6, 6.07) is 7.21. The molecule has 0 atom stereocenters. The van der Waals surface area contributed by atoms with Gasteiger partial charge in [-0.05, 0) is 56.4 Å². The van der Waals surface area contributed by atoms with Gasteiger partial charge in [-0.2, -0.15) is 5.26 Å². The number of anilines is 1. The topological polar surface area (TPSA) is 131 Å². The van der Waals surface area contributed by atoms with Crippen molar-refractivity contribution in [2.75, 3.05) is 25.3 Å². The minimum atomic E-state index is -0.285. The Labute approximate surface area is 223 Å². The monoisotopic (exact) mass is 540 g/mol. The van der Waals surface area contributed by atoms with E-state index < -0.39 is 0 Å². The minimum absolute atomic E-state index is 0.129. The average Bonchev–Trinajstić information content (AvgIpc) is 3.49. The second-order valence-corrected chi connectivity index (χ2v) is 10.3. The van der Waals surface area contributed by atoms with Gasteiger partial charge in [-0.15, -0.1) is 21.5 Å². The van der Waals surface area contributed by atoms with E-state index in [-0.39, 0.29) is 24.1 Å². The number of aromatic nitrogens is 3. The van der Waals surface area contributed by atoms with Crippen molar-refractivity contribution in [2.24, 2.45) is 0 Å². The second-order valence-electron chi connectivity index (χ2n) is 8.26. The first-order chi connectivity index (χ1) is 18.0. The summed E-state index contributed by atoms with van der Waals surface area (Å²) in [5.41, 5.74) is 2.12. The number of hydrogen-bond acceptors (Lipinski definition) is 9. The molecular weight excluding hydrogens is 512 g/mol. The van der Waals surface area contributed by atoms with Crippen molar-refractivity contribution in [2.45, 2.75) is 50.9 Å². The van der Waals surface area contributed by atoms with Crippen LogP contribution in [0.2, 0.25) is 0 Å². The third-order valence-electron chi connectivity index (χ3n) is 6.03. The largest absolute Gasteiger partial charge is 0.493 e. The van der Waals surface area contributed by atoms with Crippen LogP contribution >= 0.6 is 23.1 Å². The van der Waals surface area contributed by atoms with Gasteiger partial charge in [-0.25, -0.2) is 0 Å². The molecule has 12 heteroatoms. The molecule has 37 heavy (non-hydrogen) atoms. The van der Waals surface area contributed by atoms with Crippen LogP contribution in [-0.4, -0.2) is 46.6 Å². The summed E-state index contributed by atoms with van der Waals surface area (Å²) in [6.07, 6.45) is 4.05. The van der Waals surface area contributed by atoms with Crippen LogP contribution < -0.4 is 20.1 Å². The van der Waals surface area contributed by atoms with Crippen molar-refractivity contribution in [1.82, 2.24) is 20.1 Å². The first kappa shape index (κ1) is 26.5. The van der Waals surface area contributed by atoms with E-state index in [9.17, 15) is 14.9 Å². The van der Waals surface area contributed by atoms with Crippen LogP contribution in [-0.2, 0) is 30.7 Å². The van der Waals surface area contributed by atoms with Crippen LogP contribution in [0.3, 0.4) is 0 Å². The molecule has 10 nitrogen and oxygen atoms in total. The SMILES string of the molecule is CCn1c(CNC(=O)c2ccc(OC)c(OC)c2)nnc1SCC(=O)Nc1sc2c(c1C#N)CCCC2. The molecule has 0 spiro atoms. The number of nitrogens with zero attached hydrogens (tertiary/aromatic N) is 4. The van der Waals surface area contributed by atoms with Crippen molar-refractivity contribution >= 4 is 39.9 Å². The van der Waals surface area contributed by atoms with Gasteiger partial charge >= 0.3 is 0 Å². The lowest BCUT2D eigenvalue weighted by Gasteiger charge is -2.11. The van der Waals surface area contributed by atoms with E-state index in [1.165, 1.54) is 42.2 Å². The number of nitrogens with one attached hydrogen (secondary N) is 2. The van der Waals surface area contributed by atoms with Gasteiger partial charge in [0, 0.05) is 17.0 Å². The fourth-order valence-corrected chi connectivity index (χ4v) is 6.26. The lowest BCUT2D eigenvalue weighted by molar-refractivity contribution is -0.113. The van der Waals surface area contributed by atoms with E-state index in [0.717, 1.165) is 31.2 Å². The molecule has 0 radical (unpaired) electrons. The molecule has 2 amide bonds. The Kier molecular flexibility index (Phi) is 8.68. The van der Waals surface area contributed by atoms with Crippen LogP contribution in [0, 0.1) is 11.3 Å². The Hall–Kier alpha value is -3.56. The van der Waals surface area contributed by atoms with Crippen LogP contribution in [0.1, 0.15) is 52.0 Å². The molecule has 2 heterocycles. The van der Waals surface area contributed by atoms with Gasteiger partial charge < -0.3 is 24.7 Å². The lowest BCUT2D eigenvalue weighted by atomic mass is 9.96. The molecule has 2 N–H and O–H groups in total. The van der Waals surface area contributed by atoms with E-state index in [0.29, 0.717) is 45.2 Å². The Bertz CT molecular complexity index is 1340. The number of methoxy groups -OCH3 is 2. The highest BCUT2D eigenvalue weighted by Crippen LogP contribution is 2.37. The summed E-state index contributed by atoms with van der Waals surface area (Å²) in [5, 5.41) is 25.0.